The second-order valence-electron chi connectivity index (χ2n) is 5.59. The zero-order valence-corrected chi connectivity index (χ0v) is 15.3. The van der Waals surface area contributed by atoms with Crippen LogP contribution in [0.2, 0.25) is 0 Å². The average Bonchev–Trinajstić information content (AvgIpc) is 2.97. The van der Waals surface area contributed by atoms with Crippen LogP contribution in [0, 0.1) is 4.84 Å². The van der Waals surface area contributed by atoms with E-state index in [-0.39, 0.29) is 4.84 Å². The summed E-state index contributed by atoms with van der Waals surface area (Å²) in [6.45, 7) is 0. The van der Waals surface area contributed by atoms with Crippen molar-refractivity contribution in [3.05, 3.63) is 77.6 Å². The van der Waals surface area contributed by atoms with E-state index in [0.717, 1.165) is 27.0 Å². The molecule has 5 nitrogen and oxygen atoms in total. The topological polar surface area (TPSA) is 64.6 Å². The molecule has 0 saturated carbocycles. The Kier molecular flexibility index (Phi) is 4.47. The molecule has 0 fully saturated rings. The molecule has 1 N–H and O–H groups in total. The Morgan fingerprint density at radius 3 is 2.15 bits per heavy atom. The molecule has 3 aromatic carbocycles. The van der Waals surface area contributed by atoms with E-state index in [1.807, 2.05) is 66.7 Å². The van der Waals surface area contributed by atoms with Crippen LogP contribution < -0.4 is 4.62 Å². The lowest BCUT2D eigenvalue weighted by molar-refractivity contribution is 0.242. The maximum absolute atomic E-state index is 11.3. The Labute approximate surface area is 155 Å². The summed E-state index contributed by atoms with van der Waals surface area (Å²) >= 11 is 5.18. The lowest BCUT2D eigenvalue weighted by Crippen LogP contribution is -2.04. The lowest BCUT2D eigenvalue weighted by atomic mass is 9.93. The van der Waals surface area contributed by atoms with Gasteiger partial charge in [0.1, 0.15) is 5.52 Å². The Hall–Kier alpha value is -2.66. The zero-order valence-electron chi connectivity index (χ0n) is 13.5. The van der Waals surface area contributed by atoms with E-state index in [4.69, 9.17) is 21.3 Å². The van der Waals surface area contributed by atoms with Gasteiger partial charge in [0.2, 0.25) is 0 Å². The van der Waals surface area contributed by atoms with Gasteiger partial charge >= 0.3 is 13.1 Å². The van der Waals surface area contributed by atoms with Gasteiger partial charge < -0.3 is 13.9 Å². The number of benzene rings is 3. The van der Waals surface area contributed by atoms with E-state index in [2.05, 4.69) is 0 Å². The molecular formula is C19H14NO4PS. The summed E-state index contributed by atoms with van der Waals surface area (Å²) in [5, 5.41) is 0. The molecule has 1 atom stereocenters. The Balaban J connectivity index is 2.13. The molecule has 0 bridgehead atoms. The van der Waals surface area contributed by atoms with Crippen molar-refractivity contribution in [2.75, 3.05) is 0 Å². The third kappa shape index (κ3) is 2.99. The summed E-state index contributed by atoms with van der Waals surface area (Å²) in [4.78, 5) is 9.25. The third-order valence-electron chi connectivity index (χ3n) is 4.02. The molecule has 0 amide bonds. The molecule has 1 aromatic heterocycles. The van der Waals surface area contributed by atoms with Crippen LogP contribution >= 0.6 is 20.5 Å². The summed E-state index contributed by atoms with van der Waals surface area (Å²) in [6, 6.07) is 23.3. The Bertz CT molecular complexity index is 1150. The quantitative estimate of drug-likeness (QED) is 0.392. The van der Waals surface area contributed by atoms with Gasteiger partial charge in [-0.15, -0.1) is 4.73 Å². The number of hydrogen-bond acceptors (Lipinski definition) is 4. The number of fused-ring (bicyclic) bond motifs is 1. The monoisotopic (exact) mass is 383 g/mol. The van der Waals surface area contributed by atoms with Crippen molar-refractivity contribution < 1.29 is 18.5 Å². The van der Waals surface area contributed by atoms with Gasteiger partial charge in [-0.05, 0) is 41.0 Å². The van der Waals surface area contributed by atoms with Crippen molar-refractivity contribution in [3.8, 4) is 22.3 Å². The van der Waals surface area contributed by atoms with Crippen LogP contribution in [0.15, 0.2) is 77.2 Å². The SMILES string of the molecule is O=[PH](O)On1c(=S)oc2ccc(-c3ccccc3)c(-c3ccccc3)c21. The first-order valence-electron chi connectivity index (χ1n) is 7.86. The minimum Gasteiger partial charge on any atom is -0.427 e. The largest absolute Gasteiger partial charge is 0.427 e. The van der Waals surface area contributed by atoms with Gasteiger partial charge in [-0.1, -0.05) is 60.7 Å². The van der Waals surface area contributed by atoms with E-state index in [1.165, 1.54) is 0 Å². The van der Waals surface area contributed by atoms with Gasteiger partial charge in [0.15, 0.2) is 5.58 Å². The second kappa shape index (κ2) is 6.92. The van der Waals surface area contributed by atoms with Crippen LogP contribution in [0.1, 0.15) is 0 Å². The van der Waals surface area contributed by atoms with Gasteiger partial charge in [-0.2, -0.15) is 0 Å². The van der Waals surface area contributed by atoms with Gasteiger partial charge in [0.25, 0.3) is 0 Å². The summed E-state index contributed by atoms with van der Waals surface area (Å²) in [6.07, 6.45) is 0. The predicted octanol–water partition coefficient (Wildman–Crippen LogP) is 5.11. The smallest absolute Gasteiger partial charge is 0.384 e. The molecule has 0 aliphatic heterocycles. The van der Waals surface area contributed by atoms with Gasteiger partial charge in [0.05, 0.1) is 0 Å². The van der Waals surface area contributed by atoms with Gasteiger partial charge in [-0.3, -0.25) is 0 Å². The van der Waals surface area contributed by atoms with E-state index in [1.54, 1.807) is 6.07 Å². The molecule has 26 heavy (non-hydrogen) atoms. The molecular weight excluding hydrogens is 369 g/mol. The van der Waals surface area contributed by atoms with Crippen molar-refractivity contribution in [1.82, 2.24) is 4.73 Å². The molecule has 0 aliphatic rings. The fraction of sp³-hybridized carbons (Fsp3) is 0. The van der Waals surface area contributed by atoms with E-state index in [9.17, 15) is 9.46 Å². The molecule has 4 rings (SSSR count). The van der Waals surface area contributed by atoms with Crippen molar-refractivity contribution in [2.24, 2.45) is 0 Å². The minimum atomic E-state index is -3.26. The van der Waals surface area contributed by atoms with Crippen LogP contribution in [-0.2, 0) is 4.57 Å². The Morgan fingerprint density at radius 1 is 0.923 bits per heavy atom. The van der Waals surface area contributed by atoms with Crippen molar-refractivity contribution in [1.29, 1.82) is 0 Å². The first-order chi connectivity index (χ1) is 12.6. The third-order valence-corrected chi connectivity index (χ3v) is 4.61. The molecule has 1 unspecified atom stereocenters. The number of rotatable bonds is 4. The van der Waals surface area contributed by atoms with E-state index >= 15 is 0 Å². The van der Waals surface area contributed by atoms with Crippen LogP contribution in [0.5, 0.6) is 0 Å². The van der Waals surface area contributed by atoms with E-state index < -0.39 is 8.25 Å². The number of nitrogens with zero attached hydrogens (tertiary/aromatic N) is 1. The second-order valence-corrected chi connectivity index (χ2v) is 6.65. The molecule has 1 heterocycles. The summed E-state index contributed by atoms with van der Waals surface area (Å²) in [5.74, 6) is 0. The highest BCUT2D eigenvalue weighted by Crippen LogP contribution is 2.39. The molecule has 0 radical (unpaired) electrons. The number of hydrogen-bond donors (Lipinski definition) is 1. The highest BCUT2D eigenvalue weighted by atomic mass is 32.1. The maximum atomic E-state index is 11.3. The van der Waals surface area contributed by atoms with Crippen molar-refractivity contribution >= 4 is 31.6 Å². The highest BCUT2D eigenvalue weighted by molar-refractivity contribution is 7.71. The zero-order chi connectivity index (χ0) is 18.1. The lowest BCUT2D eigenvalue weighted by Gasteiger charge is -2.13. The first kappa shape index (κ1) is 16.8. The van der Waals surface area contributed by atoms with Crippen LogP contribution in [0.4, 0.5) is 0 Å². The van der Waals surface area contributed by atoms with Crippen LogP contribution in [0.25, 0.3) is 33.4 Å². The van der Waals surface area contributed by atoms with Crippen LogP contribution in [-0.4, -0.2) is 9.62 Å². The maximum Gasteiger partial charge on any atom is 0.384 e. The minimum absolute atomic E-state index is 0.0187. The van der Waals surface area contributed by atoms with Crippen molar-refractivity contribution in [2.45, 2.75) is 0 Å². The summed E-state index contributed by atoms with van der Waals surface area (Å²) in [7, 11) is -3.26. The predicted molar refractivity (Wildman–Crippen MR) is 104 cm³/mol. The average molecular weight is 383 g/mol. The standard InChI is InChI=1S/C19H14NO4PS/c21-25(22)24-20-18-16(23-19(20)26)12-11-15(13-7-3-1-4-8-13)17(18)14-9-5-2-6-10-14/h1-12,25H,(H,21,22). The van der Waals surface area contributed by atoms with Gasteiger partial charge in [0, 0.05) is 5.56 Å². The van der Waals surface area contributed by atoms with E-state index in [0.29, 0.717) is 11.1 Å². The molecule has 0 saturated heterocycles. The number of oxazole rings is 1. The fourth-order valence-corrected chi connectivity index (χ4v) is 3.61. The number of aromatic nitrogens is 1. The highest BCUT2D eigenvalue weighted by Gasteiger charge is 2.19. The summed E-state index contributed by atoms with van der Waals surface area (Å²) < 4.78 is 23.1. The first-order valence-corrected chi connectivity index (χ1v) is 9.53. The molecule has 0 aliphatic carbocycles. The van der Waals surface area contributed by atoms with Crippen molar-refractivity contribution in [3.63, 3.8) is 0 Å². The van der Waals surface area contributed by atoms with Crippen LogP contribution in [0.3, 0.4) is 0 Å². The fourth-order valence-electron chi connectivity index (χ4n) is 3.00. The Morgan fingerprint density at radius 2 is 1.54 bits per heavy atom. The molecule has 4 aromatic rings. The molecule has 0 spiro atoms. The van der Waals surface area contributed by atoms with Gasteiger partial charge in [-0.25, -0.2) is 4.57 Å². The summed E-state index contributed by atoms with van der Waals surface area (Å²) in [5.41, 5.74) is 4.69. The normalized spacial score (nSPS) is 12.2. The molecule has 130 valence electrons. The molecule has 7 heteroatoms.